The minimum atomic E-state index is -1.68. The Hall–Kier alpha value is -2.58. The molecular formula is C28H32O6. The van der Waals surface area contributed by atoms with E-state index < -0.39 is 30.2 Å². The largest absolute Gasteiger partial charge is 0.394 e. The van der Waals surface area contributed by atoms with E-state index >= 15 is 0 Å². The topological polar surface area (TPSA) is 77.4 Å². The molecular weight excluding hydrogens is 432 g/mol. The smallest absolute Gasteiger partial charge is 0.192 e. The third-order valence-electron chi connectivity index (χ3n) is 5.93. The molecule has 1 aliphatic rings. The predicted molar refractivity (Wildman–Crippen MR) is 128 cm³/mol. The molecule has 6 nitrogen and oxygen atoms in total. The second-order valence-electron chi connectivity index (χ2n) is 8.63. The molecule has 1 aliphatic heterocycles. The van der Waals surface area contributed by atoms with Crippen LogP contribution in [0.5, 0.6) is 0 Å². The number of hydrogen-bond acceptors (Lipinski definition) is 6. The zero-order valence-electron chi connectivity index (χ0n) is 19.3. The summed E-state index contributed by atoms with van der Waals surface area (Å²) in [7, 11) is 0. The highest BCUT2D eigenvalue weighted by Gasteiger charge is 2.53. The zero-order valence-corrected chi connectivity index (χ0v) is 19.3. The van der Waals surface area contributed by atoms with Crippen molar-refractivity contribution in [2.24, 2.45) is 0 Å². The van der Waals surface area contributed by atoms with E-state index in [9.17, 15) is 10.2 Å². The van der Waals surface area contributed by atoms with Crippen LogP contribution in [0.25, 0.3) is 0 Å². The molecule has 180 valence electrons. The van der Waals surface area contributed by atoms with Crippen LogP contribution < -0.4 is 0 Å². The Bertz CT molecular complexity index is 980. The molecule has 0 saturated carbocycles. The molecule has 1 unspecified atom stereocenters. The molecule has 1 heterocycles. The predicted octanol–water partition coefficient (Wildman–Crippen LogP) is 3.84. The van der Waals surface area contributed by atoms with E-state index in [0.29, 0.717) is 13.2 Å². The lowest BCUT2D eigenvalue weighted by molar-refractivity contribution is -0.362. The molecule has 4 rings (SSSR count). The number of aliphatic hydroxyl groups excluding tert-OH is 1. The molecule has 1 saturated heterocycles. The SMILES string of the molecule is CC1(O)O[C@H](CO)[C@@H](OCc2ccccc2)[C@H](OCc2ccccc2)[C@H]1OCc1ccccc1. The van der Waals surface area contributed by atoms with Crippen molar-refractivity contribution in [2.75, 3.05) is 6.61 Å². The molecule has 0 bridgehead atoms. The van der Waals surface area contributed by atoms with Crippen LogP contribution in [0, 0.1) is 0 Å². The Morgan fingerprint density at radius 2 is 1.09 bits per heavy atom. The van der Waals surface area contributed by atoms with Crippen LogP contribution in [0.3, 0.4) is 0 Å². The van der Waals surface area contributed by atoms with Gasteiger partial charge in [-0.1, -0.05) is 91.0 Å². The molecule has 1 fully saturated rings. The molecule has 0 aromatic heterocycles. The van der Waals surface area contributed by atoms with Gasteiger partial charge in [-0.2, -0.15) is 0 Å². The maximum Gasteiger partial charge on any atom is 0.192 e. The van der Waals surface area contributed by atoms with Gasteiger partial charge < -0.3 is 29.2 Å². The van der Waals surface area contributed by atoms with Crippen molar-refractivity contribution in [3.8, 4) is 0 Å². The van der Waals surface area contributed by atoms with E-state index in [4.69, 9.17) is 18.9 Å². The Kier molecular flexibility index (Phi) is 8.45. The summed E-state index contributed by atoms with van der Waals surface area (Å²) >= 11 is 0. The van der Waals surface area contributed by atoms with Crippen molar-refractivity contribution in [2.45, 2.75) is 56.9 Å². The van der Waals surface area contributed by atoms with Crippen molar-refractivity contribution in [1.82, 2.24) is 0 Å². The average molecular weight is 465 g/mol. The lowest BCUT2D eigenvalue weighted by atomic mass is 9.92. The first kappa shape index (κ1) is 24.5. The van der Waals surface area contributed by atoms with Crippen LogP contribution in [0.2, 0.25) is 0 Å². The summed E-state index contributed by atoms with van der Waals surface area (Å²) in [5.74, 6) is -1.68. The normalized spacial score (nSPS) is 26.9. The Morgan fingerprint density at radius 1 is 0.676 bits per heavy atom. The minimum absolute atomic E-state index is 0.269. The highest BCUT2D eigenvalue weighted by atomic mass is 16.7. The Balaban J connectivity index is 1.58. The summed E-state index contributed by atoms with van der Waals surface area (Å²) in [6, 6.07) is 29.3. The van der Waals surface area contributed by atoms with Gasteiger partial charge in [-0.05, 0) is 23.6 Å². The van der Waals surface area contributed by atoms with Gasteiger partial charge in [0.2, 0.25) is 0 Å². The summed E-state index contributed by atoms with van der Waals surface area (Å²) in [4.78, 5) is 0. The number of rotatable bonds is 10. The summed E-state index contributed by atoms with van der Waals surface area (Å²) in [5.41, 5.74) is 2.93. The molecule has 3 aromatic rings. The fourth-order valence-corrected chi connectivity index (χ4v) is 4.20. The molecule has 0 amide bonds. The quantitative estimate of drug-likeness (QED) is 0.475. The van der Waals surface area contributed by atoms with E-state index in [1.807, 2.05) is 91.0 Å². The van der Waals surface area contributed by atoms with Crippen LogP contribution >= 0.6 is 0 Å². The lowest BCUT2D eigenvalue weighted by Crippen LogP contribution is -2.66. The van der Waals surface area contributed by atoms with Gasteiger partial charge in [0.1, 0.15) is 24.4 Å². The third-order valence-corrected chi connectivity index (χ3v) is 5.93. The highest BCUT2D eigenvalue weighted by Crippen LogP contribution is 2.35. The maximum atomic E-state index is 11.2. The van der Waals surface area contributed by atoms with Crippen molar-refractivity contribution in [1.29, 1.82) is 0 Å². The van der Waals surface area contributed by atoms with Gasteiger partial charge in [-0.15, -0.1) is 0 Å². The zero-order chi connectivity index (χ0) is 23.8. The maximum absolute atomic E-state index is 11.2. The average Bonchev–Trinajstić information content (AvgIpc) is 2.87. The van der Waals surface area contributed by atoms with Crippen LogP contribution in [0.4, 0.5) is 0 Å². The summed E-state index contributed by atoms with van der Waals surface area (Å²) < 4.78 is 24.7. The minimum Gasteiger partial charge on any atom is -0.394 e. The van der Waals surface area contributed by atoms with Gasteiger partial charge in [0.15, 0.2) is 5.79 Å². The highest BCUT2D eigenvalue weighted by molar-refractivity contribution is 5.16. The first-order valence-electron chi connectivity index (χ1n) is 11.5. The standard InChI is InChI=1S/C28H32O6/c1-28(30)27(33-20-23-15-9-4-10-16-23)26(32-19-22-13-7-3-8-14-22)25(24(17-29)34-28)31-18-21-11-5-2-6-12-21/h2-16,24-27,29-30H,17-20H2,1H3/t24-,25-,26+,27-,28?/m1/s1. The first-order valence-corrected chi connectivity index (χ1v) is 11.5. The summed E-state index contributed by atoms with van der Waals surface area (Å²) in [6.45, 7) is 2.09. The van der Waals surface area contributed by atoms with Gasteiger partial charge in [-0.25, -0.2) is 0 Å². The fourth-order valence-electron chi connectivity index (χ4n) is 4.20. The summed E-state index contributed by atoms with van der Waals surface area (Å²) in [5, 5.41) is 21.3. The van der Waals surface area contributed by atoms with E-state index in [2.05, 4.69) is 0 Å². The molecule has 5 atom stereocenters. The monoisotopic (exact) mass is 464 g/mol. The number of benzene rings is 3. The van der Waals surface area contributed by atoms with E-state index in [-0.39, 0.29) is 13.2 Å². The van der Waals surface area contributed by atoms with Gasteiger partial charge in [0.25, 0.3) is 0 Å². The van der Waals surface area contributed by atoms with E-state index in [0.717, 1.165) is 16.7 Å². The van der Waals surface area contributed by atoms with Gasteiger partial charge in [0.05, 0.1) is 26.4 Å². The number of hydrogen-bond donors (Lipinski definition) is 2. The van der Waals surface area contributed by atoms with Gasteiger partial charge in [-0.3, -0.25) is 0 Å². The van der Waals surface area contributed by atoms with Crippen LogP contribution in [0.1, 0.15) is 23.6 Å². The number of ether oxygens (including phenoxy) is 4. The molecule has 6 heteroatoms. The van der Waals surface area contributed by atoms with Crippen LogP contribution in [-0.4, -0.2) is 47.0 Å². The third kappa shape index (κ3) is 6.30. The molecule has 0 spiro atoms. The van der Waals surface area contributed by atoms with Gasteiger partial charge in [0, 0.05) is 0 Å². The molecule has 0 radical (unpaired) electrons. The van der Waals surface area contributed by atoms with Crippen molar-refractivity contribution >= 4 is 0 Å². The summed E-state index contributed by atoms with van der Waals surface area (Å²) in [6.07, 6.45) is -2.97. The van der Waals surface area contributed by atoms with Crippen molar-refractivity contribution in [3.05, 3.63) is 108 Å². The van der Waals surface area contributed by atoms with Crippen molar-refractivity contribution < 1.29 is 29.2 Å². The first-order chi connectivity index (χ1) is 16.6. The second kappa shape index (κ2) is 11.7. The second-order valence-corrected chi connectivity index (χ2v) is 8.63. The van der Waals surface area contributed by atoms with E-state index in [1.54, 1.807) is 0 Å². The van der Waals surface area contributed by atoms with E-state index in [1.165, 1.54) is 6.92 Å². The Labute approximate surface area is 200 Å². The molecule has 0 aliphatic carbocycles. The van der Waals surface area contributed by atoms with Crippen molar-refractivity contribution in [3.63, 3.8) is 0 Å². The molecule has 2 N–H and O–H groups in total. The molecule has 34 heavy (non-hydrogen) atoms. The van der Waals surface area contributed by atoms with Crippen LogP contribution in [0.15, 0.2) is 91.0 Å². The lowest BCUT2D eigenvalue weighted by Gasteiger charge is -2.48. The Morgan fingerprint density at radius 3 is 1.53 bits per heavy atom. The fraction of sp³-hybridized carbons (Fsp3) is 0.357. The van der Waals surface area contributed by atoms with Gasteiger partial charge >= 0.3 is 0 Å². The molecule has 3 aromatic carbocycles. The number of aliphatic hydroxyl groups is 2. The van der Waals surface area contributed by atoms with Crippen LogP contribution in [-0.2, 0) is 38.8 Å².